The molecule has 0 aliphatic heterocycles. The smallest absolute Gasteiger partial charge is 0.320 e. The van der Waals surface area contributed by atoms with Crippen molar-refractivity contribution < 1.29 is 4.42 Å². The number of rotatable bonds is 3. The third-order valence-electron chi connectivity index (χ3n) is 2.78. The Kier molecular flexibility index (Phi) is 3.09. The first-order valence-electron chi connectivity index (χ1n) is 5.96. The summed E-state index contributed by atoms with van der Waals surface area (Å²) in [7, 11) is 0. The van der Waals surface area contributed by atoms with Crippen molar-refractivity contribution in [1.29, 1.82) is 0 Å². The lowest BCUT2D eigenvalue weighted by molar-refractivity contribution is 0.510. The van der Waals surface area contributed by atoms with Crippen molar-refractivity contribution in [1.82, 2.24) is 10.2 Å². The number of fused-ring (bicyclic) bond motifs is 1. The summed E-state index contributed by atoms with van der Waals surface area (Å²) in [5.41, 5.74) is 0.899. The summed E-state index contributed by atoms with van der Waals surface area (Å²) in [5.74, 6) is 0.407. The van der Waals surface area contributed by atoms with Gasteiger partial charge in [-0.15, -0.1) is 16.7 Å². The molecule has 96 valence electrons. The van der Waals surface area contributed by atoms with Gasteiger partial charge >= 0.3 is 6.01 Å². The number of hydrogen-bond acceptors (Lipinski definition) is 4. The molecule has 0 aliphatic rings. The minimum atomic E-state index is -0.292. The molecule has 0 saturated carbocycles. The fourth-order valence-electron chi connectivity index (χ4n) is 1.84. The zero-order chi connectivity index (χ0) is 13.2. The molecule has 3 aromatic rings. The average molecular weight is 274 g/mol. The van der Waals surface area contributed by atoms with E-state index >= 15 is 0 Å². The lowest BCUT2D eigenvalue weighted by Gasteiger charge is -2.03. The molecular formula is C14H12ClN3O. The normalized spacial score (nSPS) is 12.5. The molecule has 19 heavy (non-hydrogen) atoms. The fourth-order valence-corrected chi connectivity index (χ4v) is 1.92. The SMILES string of the molecule is CC(Cl)c1nnc(Nc2ccc3ccccc3c2)o1. The van der Waals surface area contributed by atoms with E-state index < -0.39 is 0 Å². The van der Waals surface area contributed by atoms with Gasteiger partial charge in [-0.25, -0.2) is 0 Å². The van der Waals surface area contributed by atoms with E-state index in [9.17, 15) is 0 Å². The molecular weight excluding hydrogens is 262 g/mol. The summed E-state index contributed by atoms with van der Waals surface area (Å²) < 4.78 is 5.40. The standard InChI is InChI=1S/C14H12ClN3O/c1-9(15)13-17-18-14(19-13)16-12-7-6-10-4-2-3-5-11(10)8-12/h2-9H,1H3,(H,16,18). The molecule has 0 amide bonds. The zero-order valence-corrected chi connectivity index (χ0v) is 11.1. The number of benzene rings is 2. The predicted molar refractivity (Wildman–Crippen MR) is 75.8 cm³/mol. The van der Waals surface area contributed by atoms with Crippen molar-refractivity contribution in [3.8, 4) is 0 Å². The van der Waals surface area contributed by atoms with Crippen molar-refractivity contribution in [2.45, 2.75) is 12.3 Å². The van der Waals surface area contributed by atoms with Gasteiger partial charge < -0.3 is 9.73 Å². The van der Waals surface area contributed by atoms with Crippen LogP contribution in [-0.2, 0) is 0 Å². The van der Waals surface area contributed by atoms with E-state index in [1.807, 2.05) is 30.3 Å². The highest BCUT2D eigenvalue weighted by molar-refractivity contribution is 6.20. The maximum Gasteiger partial charge on any atom is 0.320 e. The van der Waals surface area contributed by atoms with Crippen LogP contribution in [0, 0.1) is 0 Å². The number of hydrogen-bond donors (Lipinski definition) is 1. The minimum absolute atomic E-state index is 0.292. The number of anilines is 2. The second-order valence-corrected chi connectivity index (χ2v) is 4.90. The lowest BCUT2D eigenvalue weighted by Crippen LogP contribution is -1.90. The first kappa shape index (κ1) is 12.0. The van der Waals surface area contributed by atoms with E-state index in [0.29, 0.717) is 11.9 Å². The van der Waals surface area contributed by atoms with E-state index in [0.717, 1.165) is 11.1 Å². The van der Waals surface area contributed by atoms with E-state index in [-0.39, 0.29) is 5.38 Å². The minimum Gasteiger partial charge on any atom is -0.406 e. The first-order chi connectivity index (χ1) is 9.22. The summed E-state index contributed by atoms with van der Waals surface area (Å²) in [5, 5.41) is 12.9. The highest BCUT2D eigenvalue weighted by atomic mass is 35.5. The van der Waals surface area contributed by atoms with Gasteiger partial charge in [-0.3, -0.25) is 0 Å². The highest BCUT2D eigenvalue weighted by Gasteiger charge is 2.11. The number of halogens is 1. The second kappa shape index (κ2) is 4.90. The molecule has 1 atom stereocenters. The Labute approximate surface area is 115 Å². The molecule has 3 rings (SSSR count). The van der Waals surface area contributed by atoms with Gasteiger partial charge in [0.05, 0.1) is 0 Å². The third kappa shape index (κ3) is 2.53. The fraction of sp³-hybridized carbons (Fsp3) is 0.143. The Hall–Kier alpha value is -2.07. The van der Waals surface area contributed by atoms with Crippen LogP contribution in [-0.4, -0.2) is 10.2 Å². The summed E-state index contributed by atoms with van der Waals surface area (Å²) >= 11 is 5.87. The molecule has 0 radical (unpaired) electrons. The summed E-state index contributed by atoms with van der Waals surface area (Å²) in [6, 6.07) is 14.5. The molecule has 1 unspecified atom stereocenters. The number of nitrogens with zero attached hydrogens (tertiary/aromatic N) is 2. The molecule has 0 spiro atoms. The molecule has 1 heterocycles. The van der Waals surface area contributed by atoms with Gasteiger partial charge in [0.1, 0.15) is 5.38 Å². The zero-order valence-electron chi connectivity index (χ0n) is 10.3. The van der Waals surface area contributed by atoms with Crippen LogP contribution in [0.5, 0.6) is 0 Å². The highest BCUT2D eigenvalue weighted by Crippen LogP contribution is 2.24. The third-order valence-corrected chi connectivity index (χ3v) is 2.97. The number of nitrogens with one attached hydrogen (secondary N) is 1. The van der Waals surface area contributed by atoms with Crippen LogP contribution in [0.1, 0.15) is 18.2 Å². The maximum absolute atomic E-state index is 5.87. The lowest BCUT2D eigenvalue weighted by atomic mass is 10.1. The Morgan fingerprint density at radius 2 is 1.89 bits per heavy atom. The largest absolute Gasteiger partial charge is 0.406 e. The summed E-state index contributed by atoms with van der Waals surface area (Å²) in [6.45, 7) is 1.79. The Balaban J connectivity index is 1.87. The molecule has 1 aromatic heterocycles. The van der Waals surface area contributed by atoms with Crippen molar-refractivity contribution in [2.75, 3.05) is 5.32 Å². The molecule has 0 fully saturated rings. The van der Waals surface area contributed by atoms with Gasteiger partial charge in [0.25, 0.3) is 0 Å². The molecule has 4 nitrogen and oxygen atoms in total. The van der Waals surface area contributed by atoms with Crippen molar-refractivity contribution in [3.05, 3.63) is 48.4 Å². The van der Waals surface area contributed by atoms with Crippen LogP contribution < -0.4 is 5.32 Å². The van der Waals surface area contributed by atoms with Crippen molar-refractivity contribution in [3.63, 3.8) is 0 Å². The summed E-state index contributed by atoms with van der Waals surface area (Å²) in [6.07, 6.45) is 0. The second-order valence-electron chi connectivity index (χ2n) is 4.25. The molecule has 0 aliphatic carbocycles. The van der Waals surface area contributed by atoms with Crippen LogP contribution in [0.25, 0.3) is 10.8 Å². The molecule has 1 N–H and O–H groups in total. The van der Waals surface area contributed by atoms with Gasteiger partial charge in [-0.05, 0) is 29.8 Å². The summed E-state index contributed by atoms with van der Waals surface area (Å²) in [4.78, 5) is 0. The maximum atomic E-state index is 5.87. The van der Waals surface area contributed by atoms with Gasteiger partial charge in [-0.1, -0.05) is 35.4 Å². The van der Waals surface area contributed by atoms with Crippen LogP contribution in [0.4, 0.5) is 11.7 Å². The first-order valence-corrected chi connectivity index (χ1v) is 6.39. The molecule has 0 bridgehead atoms. The van der Waals surface area contributed by atoms with Crippen LogP contribution >= 0.6 is 11.6 Å². The quantitative estimate of drug-likeness (QED) is 0.724. The number of aromatic nitrogens is 2. The predicted octanol–water partition coefficient (Wildman–Crippen LogP) is 4.27. The molecule has 2 aromatic carbocycles. The van der Waals surface area contributed by atoms with E-state index in [1.54, 1.807) is 6.92 Å². The van der Waals surface area contributed by atoms with Crippen molar-refractivity contribution in [2.24, 2.45) is 0 Å². The monoisotopic (exact) mass is 273 g/mol. The average Bonchev–Trinajstić information content (AvgIpc) is 2.87. The Morgan fingerprint density at radius 3 is 2.63 bits per heavy atom. The molecule has 5 heteroatoms. The van der Waals surface area contributed by atoms with Gasteiger partial charge in [0, 0.05) is 5.69 Å². The van der Waals surface area contributed by atoms with Gasteiger partial charge in [0.2, 0.25) is 5.89 Å². The van der Waals surface area contributed by atoms with Crippen molar-refractivity contribution >= 4 is 34.1 Å². The Bertz CT molecular complexity index is 708. The van der Waals surface area contributed by atoms with E-state index in [2.05, 4.69) is 27.6 Å². The van der Waals surface area contributed by atoms with Gasteiger partial charge in [-0.2, -0.15) is 0 Å². The van der Waals surface area contributed by atoms with Crippen LogP contribution in [0.3, 0.4) is 0 Å². The topological polar surface area (TPSA) is 51.0 Å². The van der Waals surface area contributed by atoms with Crippen LogP contribution in [0.15, 0.2) is 46.9 Å². The van der Waals surface area contributed by atoms with Gasteiger partial charge in [0.15, 0.2) is 0 Å². The van der Waals surface area contributed by atoms with E-state index in [4.69, 9.17) is 16.0 Å². The number of alkyl halides is 1. The van der Waals surface area contributed by atoms with E-state index in [1.165, 1.54) is 5.39 Å². The molecule has 0 saturated heterocycles. The Morgan fingerprint density at radius 1 is 1.11 bits per heavy atom. The van der Waals surface area contributed by atoms with Crippen LogP contribution in [0.2, 0.25) is 0 Å².